The number of rotatable bonds is 6. The number of aromatic nitrogens is 2. The molecule has 0 spiro atoms. The maximum atomic E-state index is 13.1. The molecule has 2 aromatic carbocycles. The molecule has 0 aliphatic rings. The van der Waals surface area contributed by atoms with Gasteiger partial charge in [0.05, 0.1) is 7.11 Å². The second-order valence-corrected chi connectivity index (χ2v) is 5.79. The third-order valence-corrected chi connectivity index (χ3v) is 3.81. The zero-order valence-corrected chi connectivity index (χ0v) is 14.9. The van der Waals surface area contributed by atoms with Gasteiger partial charge in [-0.25, -0.2) is 0 Å². The van der Waals surface area contributed by atoms with E-state index in [-0.39, 0.29) is 35.4 Å². The quantitative estimate of drug-likeness (QED) is 0.580. The number of halogens is 3. The molecule has 1 heterocycles. The number of methoxy groups -OCH3 is 1. The summed E-state index contributed by atoms with van der Waals surface area (Å²) in [5.41, 5.74) is -0.0219. The molecule has 0 saturated carbocycles. The summed E-state index contributed by atoms with van der Waals surface area (Å²) >= 11 is 0. The van der Waals surface area contributed by atoms with E-state index in [9.17, 15) is 18.0 Å². The monoisotopic (exact) mass is 392 g/mol. The molecule has 9 heteroatoms. The van der Waals surface area contributed by atoms with Gasteiger partial charge >= 0.3 is 6.18 Å². The molecule has 0 aliphatic heterocycles. The van der Waals surface area contributed by atoms with Gasteiger partial charge in [0.15, 0.2) is 11.5 Å². The summed E-state index contributed by atoms with van der Waals surface area (Å²) in [7, 11) is 1.33. The lowest BCUT2D eigenvalue weighted by Crippen LogP contribution is -2.23. The van der Waals surface area contributed by atoms with Crippen LogP contribution in [0.15, 0.2) is 47.0 Å². The molecule has 0 aliphatic carbocycles. The van der Waals surface area contributed by atoms with E-state index in [4.69, 9.17) is 14.0 Å². The molecule has 0 N–H and O–H groups in total. The summed E-state index contributed by atoms with van der Waals surface area (Å²) in [4.78, 5) is 15.9. The number of benzene rings is 2. The lowest BCUT2D eigenvalue weighted by atomic mass is 10.0. The Morgan fingerprint density at radius 3 is 2.43 bits per heavy atom. The number of ketones is 1. The van der Waals surface area contributed by atoms with Gasteiger partial charge in [0.25, 0.3) is 5.78 Å². The topological polar surface area (TPSA) is 74.5 Å². The van der Waals surface area contributed by atoms with Gasteiger partial charge in [0, 0.05) is 18.1 Å². The Labute approximate surface area is 157 Å². The van der Waals surface area contributed by atoms with E-state index in [2.05, 4.69) is 10.1 Å². The Morgan fingerprint density at radius 2 is 1.86 bits per heavy atom. The number of Topliss-reactive ketones (excluding diaryl/α,β-unsaturated/α-hetero) is 1. The fraction of sp³-hybridized carbons (Fsp3) is 0.211. The molecule has 1 aromatic heterocycles. The highest BCUT2D eigenvalue weighted by molar-refractivity contribution is 6.05. The van der Waals surface area contributed by atoms with Crippen LogP contribution in [0.2, 0.25) is 0 Å². The van der Waals surface area contributed by atoms with E-state index in [0.29, 0.717) is 0 Å². The largest absolute Gasteiger partial charge is 0.493 e. The lowest BCUT2D eigenvalue weighted by molar-refractivity contribution is -0.0884. The third kappa shape index (κ3) is 4.13. The maximum absolute atomic E-state index is 13.1. The molecule has 0 fully saturated rings. The van der Waals surface area contributed by atoms with Crippen molar-refractivity contribution in [3.8, 4) is 22.9 Å². The Kier molecular flexibility index (Phi) is 5.34. The minimum absolute atomic E-state index is 0.0112. The van der Waals surface area contributed by atoms with Gasteiger partial charge in [-0.15, -0.1) is 0 Å². The molecule has 0 unspecified atom stereocenters. The molecule has 6 nitrogen and oxygen atoms in total. The molecule has 28 heavy (non-hydrogen) atoms. The first-order valence-corrected chi connectivity index (χ1v) is 8.10. The Hall–Kier alpha value is -3.36. The van der Waals surface area contributed by atoms with Crippen molar-refractivity contribution in [1.82, 2.24) is 10.1 Å². The van der Waals surface area contributed by atoms with Crippen molar-refractivity contribution in [2.45, 2.75) is 19.7 Å². The molecule has 0 saturated heterocycles. The Bertz CT molecular complexity index is 985. The first-order valence-electron chi connectivity index (χ1n) is 8.10. The molecular weight excluding hydrogens is 377 g/mol. The van der Waals surface area contributed by atoms with Crippen LogP contribution in [0, 0.1) is 6.92 Å². The number of carbonyl (C=O) groups is 1. The molecule has 0 amide bonds. The number of alkyl halides is 3. The van der Waals surface area contributed by atoms with Gasteiger partial charge in [-0.3, -0.25) is 4.79 Å². The van der Waals surface area contributed by atoms with E-state index in [1.807, 2.05) is 6.07 Å². The normalized spacial score (nSPS) is 11.3. The van der Waals surface area contributed by atoms with Crippen LogP contribution in [0.25, 0.3) is 11.4 Å². The minimum Gasteiger partial charge on any atom is -0.493 e. The van der Waals surface area contributed by atoms with Gasteiger partial charge < -0.3 is 14.0 Å². The molecule has 0 atom stereocenters. The zero-order valence-electron chi connectivity index (χ0n) is 14.9. The summed E-state index contributed by atoms with van der Waals surface area (Å²) in [6, 6.07) is 11.2. The van der Waals surface area contributed by atoms with Crippen molar-refractivity contribution in [2.75, 3.05) is 7.11 Å². The smallest absolute Gasteiger partial charge is 0.454 e. The summed E-state index contributed by atoms with van der Waals surface area (Å²) in [6.07, 6.45) is -5.08. The first-order chi connectivity index (χ1) is 13.3. The Morgan fingerprint density at radius 1 is 1.14 bits per heavy atom. The van der Waals surface area contributed by atoms with Gasteiger partial charge in [0.1, 0.15) is 6.61 Å². The Balaban J connectivity index is 2.06. The fourth-order valence-corrected chi connectivity index (χ4v) is 2.50. The number of hydrogen-bond donors (Lipinski definition) is 0. The molecular formula is C19H15F3N2O4. The van der Waals surface area contributed by atoms with Gasteiger partial charge in [-0.1, -0.05) is 35.5 Å². The van der Waals surface area contributed by atoms with Crippen molar-refractivity contribution in [3.63, 3.8) is 0 Å². The maximum Gasteiger partial charge on any atom is 0.454 e. The van der Waals surface area contributed by atoms with Gasteiger partial charge in [-0.05, 0) is 17.7 Å². The summed E-state index contributed by atoms with van der Waals surface area (Å²) in [5, 5.41) is 3.61. The molecule has 0 bridgehead atoms. The predicted octanol–water partition coefficient (Wildman–Crippen LogP) is 4.38. The number of aryl methyl sites for hydroxylation is 1. The number of ether oxygens (including phenoxy) is 2. The number of nitrogens with zero attached hydrogens (tertiary/aromatic N) is 2. The molecule has 146 valence electrons. The molecule has 3 rings (SSSR count). The molecule has 3 aromatic rings. The van der Waals surface area contributed by atoms with Crippen LogP contribution in [0.4, 0.5) is 13.2 Å². The minimum atomic E-state index is -5.08. The van der Waals surface area contributed by atoms with Crippen LogP contribution in [0.5, 0.6) is 11.5 Å². The van der Waals surface area contributed by atoms with Gasteiger partial charge in [0.2, 0.25) is 11.7 Å². The van der Waals surface area contributed by atoms with Crippen molar-refractivity contribution in [3.05, 3.63) is 59.5 Å². The fourth-order valence-electron chi connectivity index (χ4n) is 2.50. The van der Waals surface area contributed by atoms with Crippen molar-refractivity contribution in [2.24, 2.45) is 0 Å². The lowest BCUT2D eigenvalue weighted by Gasteiger charge is -2.15. The van der Waals surface area contributed by atoms with Gasteiger partial charge in [-0.2, -0.15) is 18.2 Å². The zero-order chi connectivity index (χ0) is 20.3. The van der Waals surface area contributed by atoms with Crippen LogP contribution in [-0.2, 0) is 6.61 Å². The second-order valence-electron chi connectivity index (χ2n) is 5.79. The van der Waals surface area contributed by atoms with Crippen LogP contribution in [0.1, 0.15) is 21.8 Å². The van der Waals surface area contributed by atoms with Crippen molar-refractivity contribution in [1.29, 1.82) is 0 Å². The van der Waals surface area contributed by atoms with Crippen LogP contribution in [0.3, 0.4) is 0 Å². The summed E-state index contributed by atoms with van der Waals surface area (Å²) in [6.45, 7) is 1.56. The number of hydrogen-bond acceptors (Lipinski definition) is 6. The molecule has 0 radical (unpaired) electrons. The third-order valence-electron chi connectivity index (χ3n) is 3.81. The van der Waals surface area contributed by atoms with E-state index in [1.54, 1.807) is 24.3 Å². The number of carbonyl (C=O) groups excluding carboxylic acids is 1. The highest BCUT2D eigenvalue weighted by atomic mass is 19.4. The van der Waals surface area contributed by atoms with Crippen molar-refractivity contribution < 1.29 is 32.0 Å². The van der Waals surface area contributed by atoms with Crippen LogP contribution in [-0.4, -0.2) is 29.2 Å². The summed E-state index contributed by atoms with van der Waals surface area (Å²) < 4.78 is 55.0. The van der Waals surface area contributed by atoms with E-state index < -0.39 is 17.5 Å². The van der Waals surface area contributed by atoms with Crippen LogP contribution < -0.4 is 9.47 Å². The average Bonchev–Trinajstić information content (AvgIpc) is 3.11. The standard InChI is InChI=1S/C19H15F3N2O4/c1-11-23-18(24-28-11)14-9-15(26-2)16(8-13(14)17(25)19(20,21)22)27-10-12-6-4-3-5-7-12/h3-9H,10H2,1-2H3. The van der Waals surface area contributed by atoms with E-state index in [0.717, 1.165) is 11.6 Å². The van der Waals surface area contributed by atoms with Crippen LogP contribution >= 0.6 is 0 Å². The highest BCUT2D eigenvalue weighted by Crippen LogP contribution is 2.38. The van der Waals surface area contributed by atoms with Crippen molar-refractivity contribution >= 4 is 5.78 Å². The predicted molar refractivity (Wildman–Crippen MR) is 92.2 cm³/mol. The average molecular weight is 392 g/mol. The van der Waals surface area contributed by atoms with E-state index in [1.165, 1.54) is 20.1 Å². The SMILES string of the molecule is COc1cc(-c2noc(C)n2)c(C(=O)C(F)(F)F)cc1OCc1ccccc1. The highest BCUT2D eigenvalue weighted by Gasteiger charge is 2.41. The second kappa shape index (κ2) is 7.71. The summed E-state index contributed by atoms with van der Waals surface area (Å²) in [5.74, 6) is -1.94. The first kappa shape index (κ1) is 19.4. The van der Waals surface area contributed by atoms with E-state index >= 15 is 0 Å².